The average molecular weight is 228 g/mol. The molecule has 84 valence electrons. The Morgan fingerprint density at radius 2 is 2.47 bits per heavy atom. The van der Waals surface area contributed by atoms with Gasteiger partial charge in [0.15, 0.2) is 0 Å². The van der Waals surface area contributed by atoms with Crippen molar-refractivity contribution in [2.24, 2.45) is 5.73 Å². The molecule has 1 aromatic heterocycles. The SMILES string of the molecule is CCC(O)CNCc1cc(C(N)=O)cs1. The Morgan fingerprint density at radius 1 is 1.73 bits per heavy atom. The molecular weight excluding hydrogens is 212 g/mol. The maximum Gasteiger partial charge on any atom is 0.249 e. The van der Waals surface area contributed by atoms with Gasteiger partial charge in [0.05, 0.1) is 11.7 Å². The fraction of sp³-hybridized carbons (Fsp3) is 0.500. The van der Waals surface area contributed by atoms with Crippen LogP contribution in [-0.4, -0.2) is 23.7 Å². The summed E-state index contributed by atoms with van der Waals surface area (Å²) in [6.07, 6.45) is 0.435. The van der Waals surface area contributed by atoms with Gasteiger partial charge in [-0.3, -0.25) is 4.79 Å². The Morgan fingerprint density at radius 3 is 3.00 bits per heavy atom. The molecule has 0 aliphatic rings. The molecule has 0 aliphatic carbocycles. The molecule has 1 amide bonds. The highest BCUT2D eigenvalue weighted by Crippen LogP contribution is 2.13. The summed E-state index contributed by atoms with van der Waals surface area (Å²) in [4.78, 5) is 11.9. The van der Waals surface area contributed by atoms with Crippen molar-refractivity contribution < 1.29 is 9.90 Å². The first-order valence-corrected chi connectivity index (χ1v) is 5.77. The highest BCUT2D eigenvalue weighted by atomic mass is 32.1. The monoisotopic (exact) mass is 228 g/mol. The number of carbonyl (C=O) groups is 1. The number of hydrogen-bond acceptors (Lipinski definition) is 4. The lowest BCUT2D eigenvalue weighted by Crippen LogP contribution is -2.25. The number of nitrogens with two attached hydrogens (primary N) is 1. The van der Waals surface area contributed by atoms with Gasteiger partial charge in [-0.25, -0.2) is 0 Å². The second kappa shape index (κ2) is 5.85. The number of nitrogens with one attached hydrogen (secondary N) is 1. The van der Waals surface area contributed by atoms with Gasteiger partial charge in [-0.15, -0.1) is 11.3 Å². The van der Waals surface area contributed by atoms with Gasteiger partial charge in [-0.1, -0.05) is 6.92 Å². The smallest absolute Gasteiger partial charge is 0.249 e. The van der Waals surface area contributed by atoms with E-state index in [1.165, 1.54) is 11.3 Å². The first-order chi connectivity index (χ1) is 7.13. The van der Waals surface area contributed by atoms with E-state index in [1.54, 1.807) is 11.4 Å². The first-order valence-electron chi connectivity index (χ1n) is 4.89. The van der Waals surface area contributed by atoms with E-state index in [2.05, 4.69) is 5.32 Å². The van der Waals surface area contributed by atoms with Crippen LogP contribution in [0.5, 0.6) is 0 Å². The number of primary amides is 1. The maximum absolute atomic E-state index is 10.8. The highest BCUT2D eigenvalue weighted by molar-refractivity contribution is 7.10. The summed E-state index contributed by atoms with van der Waals surface area (Å²) in [6, 6.07) is 1.78. The van der Waals surface area contributed by atoms with E-state index in [-0.39, 0.29) is 6.10 Å². The zero-order chi connectivity index (χ0) is 11.3. The molecule has 1 rings (SSSR count). The largest absolute Gasteiger partial charge is 0.392 e. The van der Waals surface area contributed by atoms with Crippen molar-refractivity contribution in [3.8, 4) is 0 Å². The quantitative estimate of drug-likeness (QED) is 0.671. The number of thiophene rings is 1. The van der Waals surface area contributed by atoms with Crippen molar-refractivity contribution in [1.82, 2.24) is 5.32 Å². The molecule has 0 aliphatic heterocycles. The molecule has 1 unspecified atom stereocenters. The lowest BCUT2D eigenvalue weighted by molar-refractivity contribution is 0.100. The third kappa shape index (κ3) is 3.99. The van der Waals surface area contributed by atoms with Crippen LogP contribution in [0.3, 0.4) is 0 Å². The predicted octanol–water partition coefficient (Wildman–Crippen LogP) is 0.707. The Hall–Kier alpha value is -0.910. The lowest BCUT2D eigenvalue weighted by Gasteiger charge is -2.07. The van der Waals surface area contributed by atoms with Crippen LogP contribution in [0.4, 0.5) is 0 Å². The molecule has 0 saturated carbocycles. The Bertz CT molecular complexity index is 325. The van der Waals surface area contributed by atoms with E-state index < -0.39 is 5.91 Å². The molecule has 0 aromatic carbocycles. The van der Waals surface area contributed by atoms with Gasteiger partial charge in [-0.05, 0) is 12.5 Å². The molecular formula is C10H16N2O2S. The fourth-order valence-corrected chi connectivity index (χ4v) is 1.95. The van der Waals surface area contributed by atoms with E-state index in [0.29, 0.717) is 18.7 Å². The number of hydrogen-bond donors (Lipinski definition) is 3. The van der Waals surface area contributed by atoms with Gasteiger partial charge in [0, 0.05) is 23.3 Å². The Balaban J connectivity index is 2.35. The van der Waals surface area contributed by atoms with Gasteiger partial charge in [0.1, 0.15) is 0 Å². The van der Waals surface area contributed by atoms with Crippen molar-refractivity contribution in [1.29, 1.82) is 0 Å². The number of amides is 1. The molecule has 5 heteroatoms. The van der Waals surface area contributed by atoms with E-state index in [0.717, 1.165) is 11.3 Å². The van der Waals surface area contributed by atoms with Gasteiger partial charge < -0.3 is 16.2 Å². The second-order valence-electron chi connectivity index (χ2n) is 3.36. The van der Waals surface area contributed by atoms with E-state index in [9.17, 15) is 9.90 Å². The Kier molecular flexibility index (Phi) is 4.74. The van der Waals surface area contributed by atoms with Gasteiger partial charge in [0.2, 0.25) is 5.91 Å². The molecule has 0 bridgehead atoms. The summed E-state index contributed by atoms with van der Waals surface area (Å²) in [5.74, 6) is -0.397. The first kappa shape index (κ1) is 12.2. The van der Waals surface area contributed by atoms with E-state index in [4.69, 9.17) is 5.73 Å². The van der Waals surface area contributed by atoms with Crippen LogP contribution in [0.2, 0.25) is 0 Å². The van der Waals surface area contributed by atoms with Gasteiger partial charge >= 0.3 is 0 Å². The predicted molar refractivity (Wildman–Crippen MR) is 60.8 cm³/mol. The summed E-state index contributed by atoms with van der Waals surface area (Å²) in [7, 11) is 0. The molecule has 4 nitrogen and oxygen atoms in total. The molecule has 0 fully saturated rings. The van der Waals surface area contributed by atoms with Crippen molar-refractivity contribution in [3.05, 3.63) is 21.9 Å². The minimum Gasteiger partial charge on any atom is -0.392 e. The van der Waals surface area contributed by atoms with Crippen molar-refractivity contribution >= 4 is 17.2 Å². The summed E-state index contributed by atoms with van der Waals surface area (Å²) < 4.78 is 0. The summed E-state index contributed by atoms with van der Waals surface area (Å²) in [5.41, 5.74) is 5.68. The van der Waals surface area contributed by atoms with E-state index >= 15 is 0 Å². The minimum absolute atomic E-state index is 0.305. The van der Waals surface area contributed by atoms with Crippen LogP contribution in [-0.2, 0) is 6.54 Å². The van der Waals surface area contributed by atoms with Crippen LogP contribution >= 0.6 is 11.3 Å². The highest BCUT2D eigenvalue weighted by Gasteiger charge is 2.05. The molecule has 1 heterocycles. The summed E-state index contributed by atoms with van der Waals surface area (Å²) >= 11 is 1.49. The minimum atomic E-state index is -0.397. The fourth-order valence-electron chi connectivity index (χ4n) is 1.11. The molecule has 15 heavy (non-hydrogen) atoms. The number of aliphatic hydroxyl groups is 1. The second-order valence-corrected chi connectivity index (χ2v) is 4.35. The van der Waals surface area contributed by atoms with Crippen LogP contribution < -0.4 is 11.1 Å². The normalized spacial score (nSPS) is 12.7. The summed E-state index contributed by atoms with van der Waals surface area (Å²) in [6.45, 7) is 3.16. The molecule has 4 N–H and O–H groups in total. The van der Waals surface area contributed by atoms with Crippen molar-refractivity contribution in [2.75, 3.05) is 6.54 Å². The molecule has 1 aromatic rings. The Labute approximate surface area is 93.1 Å². The molecule has 0 saturated heterocycles. The number of rotatable bonds is 6. The zero-order valence-corrected chi connectivity index (χ0v) is 9.51. The van der Waals surface area contributed by atoms with Crippen molar-refractivity contribution in [3.63, 3.8) is 0 Å². The topological polar surface area (TPSA) is 75.3 Å². The molecule has 0 radical (unpaired) electrons. The number of aliphatic hydroxyl groups excluding tert-OH is 1. The lowest BCUT2D eigenvalue weighted by atomic mass is 10.2. The van der Waals surface area contributed by atoms with Crippen LogP contribution in [0.1, 0.15) is 28.6 Å². The standard InChI is InChI=1S/C10H16N2O2S/c1-2-8(13)4-12-5-9-3-7(6-15-9)10(11)14/h3,6,8,12-13H,2,4-5H2,1H3,(H2,11,14). The molecule has 0 spiro atoms. The summed E-state index contributed by atoms with van der Waals surface area (Å²) in [5, 5.41) is 14.2. The van der Waals surface area contributed by atoms with Crippen LogP contribution in [0, 0.1) is 0 Å². The van der Waals surface area contributed by atoms with Crippen LogP contribution in [0.15, 0.2) is 11.4 Å². The third-order valence-corrected chi connectivity index (χ3v) is 3.03. The zero-order valence-electron chi connectivity index (χ0n) is 8.69. The van der Waals surface area contributed by atoms with Crippen molar-refractivity contribution in [2.45, 2.75) is 26.0 Å². The van der Waals surface area contributed by atoms with E-state index in [1.807, 2.05) is 6.92 Å². The molecule has 1 atom stereocenters. The van der Waals surface area contributed by atoms with Crippen LogP contribution in [0.25, 0.3) is 0 Å². The maximum atomic E-state index is 10.8. The van der Waals surface area contributed by atoms with Gasteiger partial charge in [-0.2, -0.15) is 0 Å². The number of carbonyl (C=O) groups excluding carboxylic acids is 1. The third-order valence-electron chi connectivity index (χ3n) is 2.09. The average Bonchev–Trinajstić information content (AvgIpc) is 2.66. The van der Waals surface area contributed by atoms with Gasteiger partial charge in [0.25, 0.3) is 0 Å².